The second-order valence-corrected chi connectivity index (χ2v) is 7.67. The van der Waals surface area contributed by atoms with Crippen molar-refractivity contribution in [3.63, 3.8) is 0 Å². The fourth-order valence-electron chi connectivity index (χ4n) is 4.18. The van der Waals surface area contributed by atoms with Crippen LogP contribution >= 0.6 is 0 Å². The molecule has 28 heavy (non-hydrogen) atoms. The summed E-state index contributed by atoms with van der Waals surface area (Å²) in [4.78, 5) is 9.29. The highest BCUT2D eigenvalue weighted by Crippen LogP contribution is 2.30. The predicted molar refractivity (Wildman–Crippen MR) is 105 cm³/mol. The van der Waals surface area contributed by atoms with E-state index in [0.717, 1.165) is 81.5 Å². The topological polar surface area (TPSA) is 72.5 Å². The molecule has 8 heteroatoms. The van der Waals surface area contributed by atoms with Crippen LogP contribution in [-0.2, 0) is 18.3 Å². The van der Waals surface area contributed by atoms with E-state index in [1.165, 1.54) is 0 Å². The highest BCUT2D eigenvalue weighted by atomic mass is 16.5. The number of anilines is 1. The van der Waals surface area contributed by atoms with Crippen molar-refractivity contribution in [2.45, 2.75) is 25.3 Å². The van der Waals surface area contributed by atoms with Crippen molar-refractivity contribution in [3.8, 4) is 0 Å². The summed E-state index contributed by atoms with van der Waals surface area (Å²) >= 11 is 0. The van der Waals surface area contributed by atoms with Gasteiger partial charge >= 0.3 is 0 Å². The van der Waals surface area contributed by atoms with Gasteiger partial charge in [0, 0.05) is 39.1 Å². The van der Waals surface area contributed by atoms with Gasteiger partial charge in [0.15, 0.2) is 5.58 Å². The van der Waals surface area contributed by atoms with Gasteiger partial charge in [-0.05, 0) is 25.0 Å². The molecule has 8 nitrogen and oxygen atoms in total. The zero-order valence-corrected chi connectivity index (χ0v) is 16.3. The molecule has 0 unspecified atom stereocenters. The number of oxazole rings is 1. The molecule has 0 aliphatic carbocycles. The highest BCUT2D eigenvalue weighted by Gasteiger charge is 2.28. The molecule has 0 bridgehead atoms. The van der Waals surface area contributed by atoms with Crippen molar-refractivity contribution in [1.82, 2.24) is 24.6 Å². The third-order valence-corrected chi connectivity index (χ3v) is 5.81. The third-order valence-electron chi connectivity index (χ3n) is 5.81. The average molecular weight is 382 g/mol. The van der Waals surface area contributed by atoms with Crippen LogP contribution < -0.4 is 4.90 Å². The molecule has 148 valence electrons. The van der Waals surface area contributed by atoms with Crippen LogP contribution in [0.25, 0.3) is 11.1 Å². The maximum atomic E-state index is 5.98. The Hall–Kier alpha value is -2.45. The molecular weight excluding hydrogens is 356 g/mol. The van der Waals surface area contributed by atoms with Gasteiger partial charge < -0.3 is 18.6 Å². The standard InChI is InChI=1S/C20H26N6O2/c1-24-18(14-25-9-11-27-12-10-25)22-23-19(24)15-5-4-8-26(13-15)20-21-16-6-2-3-7-17(16)28-20/h2-3,6-7,15H,4-5,8-14H2,1H3/t15-/m1/s1. The van der Waals surface area contributed by atoms with Crippen LogP contribution in [0.5, 0.6) is 0 Å². The summed E-state index contributed by atoms with van der Waals surface area (Å²) in [7, 11) is 2.09. The summed E-state index contributed by atoms with van der Waals surface area (Å²) in [5, 5.41) is 9.04. The quantitative estimate of drug-likeness (QED) is 0.685. The van der Waals surface area contributed by atoms with Crippen LogP contribution in [-0.4, -0.2) is 64.0 Å². The Bertz CT molecular complexity index is 912. The maximum absolute atomic E-state index is 5.98. The fraction of sp³-hybridized carbons (Fsp3) is 0.550. The molecule has 5 rings (SSSR count). The summed E-state index contributed by atoms with van der Waals surface area (Å²) in [6, 6.07) is 8.63. The number of fused-ring (bicyclic) bond motifs is 1. The second-order valence-electron chi connectivity index (χ2n) is 7.67. The zero-order chi connectivity index (χ0) is 18.9. The molecule has 4 heterocycles. The first-order chi connectivity index (χ1) is 13.8. The first kappa shape index (κ1) is 17.6. The molecular formula is C20H26N6O2. The SMILES string of the molecule is Cn1c(CN2CCOCC2)nnc1[C@@H]1CCCN(c2nc3ccccc3o2)C1. The number of ether oxygens (including phenoxy) is 1. The van der Waals surface area contributed by atoms with Crippen molar-refractivity contribution in [3.05, 3.63) is 35.9 Å². The Morgan fingerprint density at radius 3 is 2.82 bits per heavy atom. The van der Waals surface area contributed by atoms with Crippen LogP contribution in [0.4, 0.5) is 6.01 Å². The lowest BCUT2D eigenvalue weighted by Crippen LogP contribution is -2.37. The van der Waals surface area contributed by atoms with E-state index in [1.54, 1.807) is 0 Å². The van der Waals surface area contributed by atoms with E-state index < -0.39 is 0 Å². The minimum atomic E-state index is 0.333. The number of para-hydroxylation sites is 2. The molecule has 1 atom stereocenters. The molecule has 0 radical (unpaired) electrons. The predicted octanol–water partition coefficient (Wildman–Crippen LogP) is 2.17. The smallest absolute Gasteiger partial charge is 0.298 e. The monoisotopic (exact) mass is 382 g/mol. The largest absolute Gasteiger partial charge is 0.423 e. The van der Waals surface area contributed by atoms with Gasteiger partial charge in [0.05, 0.1) is 19.8 Å². The van der Waals surface area contributed by atoms with Crippen LogP contribution in [0.2, 0.25) is 0 Å². The molecule has 0 saturated carbocycles. The molecule has 2 aliphatic heterocycles. The van der Waals surface area contributed by atoms with E-state index in [-0.39, 0.29) is 0 Å². The number of hydrogen-bond donors (Lipinski definition) is 0. The van der Waals surface area contributed by atoms with Gasteiger partial charge in [-0.15, -0.1) is 10.2 Å². The van der Waals surface area contributed by atoms with Crippen LogP contribution in [0.1, 0.15) is 30.4 Å². The second kappa shape index (κ2) is 7.52. The number of benzene rings is 1. The van der Waals surface area contributed by atoms with Gasteiger partial charge in [0.1, 0.15) is 17.2 Å². The van der Waals surface area contributed by atoms with Crippen molar-refractivity contribution < 1.29 is 9.15 Å². The van der Waals surface area contributed by atoms with Crippen molar-refractivity contribution in [2.24, 2.45) is 7.05 Å². The summed E-state index contributed by atoms with van der Waals surface area (Å²) < 4.78 is 13.6. The molecule has 1 aromatic carbocycles. The van der Waals surface area contributed by atoms with E-state index in [2.05, 4.69) is 36.6 Å². The Labute approximate surface area is 164 Å². The minimum absolute atomic E-state index is 0.333. The molecule has 2 aliphatic rings. The third kappa shape index (κ3) is 3.38. The number of rotatable bonds is 4. The zero-order valence-electron chi connectivity index (χ0n) is 16.3. The number of hydrogen-bond acceptors (Lipinski definition) is 7. The van der Waals surface area contributed by atoms with Gasteiger partial charge in [0.25, 0.3) is 6.01 Å². The van der Waals surface area contributed by atoms with Crippen molar-refractivity contribution >= 4 is 17.1 Å². The van der Waals surface area contributed by atoms with Gasteiger partial charge in [-0.25, -0.2) is 0 Å². The van der Waals surface area contributed by atoms with E-state index in [1.807, 2.05) is 24.3 Å². The number of aromatic nitrogens is 4. The Morgan fingerprint density at radius 2 is 1.96 bits per heavy atom. The molecule has 0 N–H and O–H groups in total. The Balaban J connectivity index is 1.32. The lowest BCUT2D eigenvalue weighted by atomic mass is 9.97. The lowest BCUT2D eigenvalue weighted by Gasteiger charge is -2.31. The highest BCUT2D eigenvalue weighted by molar-refractivity contribution is 5.74. The first-order valence-electron chi connectivity index (χ1n) is 10.1. The van der Waals surface area contributed by atoms with E-state index in [4.69, 9.17) is 9.15 Å². The molecule has 2 aromatic heterocycles. The van der Waals surface area contributed by atoms with Crippen molar-refractivity contribution in [2.75, 3.05) is 44.3 Å². The number of morpholine rings is 1. The Morgan fingerprint density at radius 1 is 1.11 bits per heavy atom. The van der Waals surface area contributed by atoms with Gasteiger partial charge in [-0.2, -0.15) is 4.98 Å². The summed E-state index contributed by atoms with van der Waals surface area (Å²) in [5.41, 5.74) is 1.75. The summed E-state index contributed by atoms with van der Waals surface area (Å²) in [5.74, 6) is 2.42. The number of nitrogens with zero attached hydrogens (tertiary/aromatic N) is 6. The lowest BCUT2D eigenvalue weighted by molar-refractivity contribution is 0.0326. The first-order valence-corrected chi connectivity index (χ1v) is 10.1. The van der Waals surface area contributed by atoms with E-state index in [9.17, 15) is 0 Å². The molecule has 3 aromatic rings. The molecule has 0 amide bonds. The summed E-state index contributed by atoms with van der Waals surface area (Å²) in [6.07, 6.45) is 2.20. The van der Waals surface area contributed by atoms with Gasteiger partial charge in [-0.1, -0.05) is 12.1 Å². The van der Waals surface area contributed by atoms with Crippen LogP contribution in [0.3, 0.4) is 0 Å². The Kier molecular flexibility index (Phi) is 4.74. The maximum Gasteiger partial charge on any atom is 0.298 e. The van der Waals surface area contributed by atoms with Gasteiger partial charge in [0.2, 0.25) is 0 Å². The normalized spacial score (nSPS) is 21.5. The molecule has 2 saturated heterocycles. The van der Waals surface area contributed by atoms with Crippen molar-refractivity contribution in [1.29, 1.82) is 0 Å². The fourth-order valence-corrected chi connectivity index (χ4v) is 4.18. The van der Waals surface area contributed by atoms with Crippen LogP contribution in [0.15, 0.2) is 28.7 Å². The van der Waals surface area contributed by atoms with E-state index in [0.29, 0.717) is 11.9 Å². The summed E-state index contributed by atoms with van der Waals surface area (Å²) in [6.45, 7) is 6.15. The van der Waals surface area contributed by atoms with E-state index >= 15 is 0 Å². The number of piperidine rings is 1. The average Bonchev–Trinajstić information content (AvgIpc) is 3.33. The minimum Gasteiger partial charge on any atom is -0.423 e. The van der Waals surface area contributed by atoms with Gasteiger partial charge in [-0.3, -0.25) is 4.90 Å². The molecule has 2 fully saturated rings. The van der Waals surface area contributed by atoms with Crippen LogP contribution in [0, 0.1) is 0 Å². The molecule has 0 spiro atoms.